The second kappa shape index (κ2) is 7.00. The third-order valence-corrected chi connectivity index (χ3v) is 6.53. The molecule has 0 unspecified atom stereocenters. The van der Waals surface area contributed by atoms with Crippen molar-refractivity contribution in [3.05, 3.63) is 76.0 Å². The maximum Gasteiger partial charge on any atom is 0.278 e. The standard InChI is InChI=1S/C24H23FN6O/c1-2-30-22(32)19-14-26-23(29-21(19)31(30)18-6-3-16(25)4-7-18)28-17-5-8-20-15(13-17)9-12-27-24(20)10-11-24/h3-8,13-14,27H,2,9-12H2,1H3,(H,26,28,29). The first-order valence-electron chi connectivity index (χ1n) is 11.0. The van der Waals surface area contributed by atoms with Crippen molar-refractivity contribution >= 4 is 22.7 Å². The number of fused-ring (bicyclic) bond motifs is 3. The van der Waals surface area contributed by atoms with Crippen LogP contribution in [0.3, 0.4) is 0 Å². The SMILES string of the molecule is CCn1c(=O)c2cnc(Nc3ccc4c(c3)CCNC43CC3)nc2n1-c1ccc(F)cc1. The van der Waals surface area contributed by atoms with E-state index < -0.39 is 0 Å². The van der Waals surface area contributed by atoms with Crippen molar-refractivity contribution in [2.75, 3.05) is 11.9 Å². The smallest absolute Gasteiger partial charge is 0.278 e. The van der Waals surface area contributed by atoms with Crippen LogP contribution in [0.5, 0.6) is 0 Å². The zero-order valence-corrected chi connectivity index (χ0v) is 17.7. The first-order valence-corrected chi connectivity index (χ1v) is 11.0. The van der Waals surface area contributed by atoms with E-state index in [2.05, 4.69) is 38.8 Å². The molecule has 1 saturated carbocycles. The summed E-state index contributed by atoms with van der Waals surface area (Å²) in [6.45, 7) is 3.34. The average Bonchev–Trinajstić information content (AvgIpc) is 3.51. The normalized spacial score (nSPS) is 16.3. The van der Waals surface area contributed by atoms with Crippen molar-refractivity contribution in [2.24, 2.45) is 0 Å². The van der Waals surface area contributed by atoms with Crippen molar-refractivity contribution in [1.82, 2.24) is 24.6 Å². The topological polar surface area (TPSA) is 76.8 Å². The summed E-state index contributed by atoms with van der Waals surface area (Å²) >= 11 is 0. The molecule has 2 N–H and O–H groups in total. The molecule has 0 amide bonds. The van der Waals surface area contributed by atoms with Gasteiger partial charge in [0.25, 0.3) is 5.56 Å². The number of nitrogens with zero attached hydrogens (tertiary/aromatic N) is 4. The molecule has 2 aromatic heterocycles. The van der Waals surface area contributed by atoms with E-state index in [1.165, 1.54) is 36.1 Å². The Bertz CT molecular complexity index is 1400. The lowest BCUT2D eigenvalue weighted by molar-refractivity contribution is 0.490. The molecule has 0 bridgehead atoms. The minimum atomic E-state index is -0.330. The Morgan fingerprint density at radius 3 is 2.75 bits per heavy atom. The van der Waals surface area contributed by atoms with Crippen molar-refractivity contribution in [1.29, 1.82) is 0 Å². The Morgan fingerprint density at radius 2 is 2.00 bits per heavy atom. The largest absolute Gasteiger partial charge is 0.324 e. The van der Waals surface area contributed by atoms with E-state index in [1.54, 1.807) is 27.7 Å². The van der Waals surface area contributed by atoms with E-state index in [9.17, 15) is 9.18 Å². The van der Waals surface area contributed by atoms with Gasteiger partial charge in [-0.05, 0) is 73.7 Å². The number of anilines is 2. The Labute approximate surface area is 183 Å². The van der Waals surface area contributed by atoms with Crippen molar-refractivity contribution in [3.8, 4) is 5.69 Å². The van der Waals surface area contributed by atoms with Crippen LogP contribution in [0.15, 0.2) is 53.5 Å². The highest BCUT2D eigenvalue weighted by molar-refractivity contribution is 5.77. The lowest BCUT2D eigenvalue weighted by Gasteiger charge is -2.27. The molecule has 0 radical (unpaired) electrons. The number of aromatic nitrogens is 4. The summed E-state index contributed by atoms with van der Waals surface area (Å²) in [6.07, 6.45) is 4.94. The fraction of sp³-hybridized carbons (Fsp3) is 0.292. The Balaban J connectivity index is 1.41. The predicted octanol–water partition coefficient (Wildman–Crippen LogP) is 3.62. The van der Waals surface area contributed by atoms with Gasteiger partial charge in [0.1, 0.15) is 11.2 Å². The molecule has 2 aliphatic rings. The van der Waals surface area contributed by atoms with Gasteiger partial charge in [0.05, 0.1) is 5.69 Å². The van der Waals surface area contributed by atoms with Gasteiger partial charge in [0.15, 0.2) is 5.65 Å². The molecule has 8 heteroatoms. The van der Waals surface area contributed by atoms with Crippen LogP contribution in [0.4, 0.5) is 16.0 Å². The maximum absolute atomic E-state index is 13.5. The van der Waals surface area contributed by atoms with Gasteiger partial charge in [-0.25, -0.2) is 18.7 Å². The second-order valence-corrected chi connectivity index (χ2v) is 8.50. The zero-order chi connectivity index (χ0) is 21.9. The van der Waals surface area contributed by atoms with Crippen LogP contribution in [0, 0.1) is 5.82 Å². The summed E-state index contributed by atoms with van der Waals surface area (Å²) in [6, 6.07) is 12.5. The highest BCUT2D eigenvalue weighted by atomic mass is 19.1. The number of hydrogen-bond acceptors (Lipinski definition) is 5. The molecule has 6 rings (SSSR count). The predicted molar refractivity (Wildman–Crippen MR) is 121 cm³/mol. The van der Waals surface area contributed by atoms with Gasteiger partial charge >= 0.3 is 0 Å². The summed E-state index contributed by atoms with van der Waals surface area (Å²) < 4.78 is 16.8. The van der Waals surface area contributed by atoms with Crippen LogP contribution in [-0.4, -0.2) is 25.9 Å². The second-order valence-electron chi connectivity index (χ2n) is 8.50. The van der Waals surface area contributed by atoms with Crippen LogP contribution in [-0.2, 0) is 18.5 Å². The van der Waals surface area contributed by atoms with E-state index in [1.807, 2.05) is 6.92 Å². The van der Waals surface area contributed by atoms with Crippen molar-refractivity contribution < 1.29 is 4.39 Å². The lowest BCUT2D eigenvalue weighted by Crippen LogP contribution is -2.36. The van der Waals surface area contributed by atoms with E-state index in [0.717, 1.165) is 18.7 Å². The minimum Gasteiger partial charge on any atom is -0.324 e. The maximum atomic E-state index is 13.5. The molecular formula is C24H23FN6O. The van der Waals surface area contributed by atoms with Gasteiger partial charge in [-0.15, -0.1) is 0 Å². The molecule has 1 aliphatic carbocycles. The molecule has 0 saturated heterocycles. The molecule has 2 aromatic carbocycles. The molecule has 1 fully saturated rings. The van der Waals surface area contributed by atoms with Crippen molar-refractivity contribution in [2.45, 2.75) is 38.3 Å². The summed E-state index contributed by atoms with van der Waals surface area (Å²) in [4.78, 5) is 21.9. The Morgan fingerprint density at radius 1 is 1.19 bits per heavy atom. The molecular weight excluding hydrogens is 407 g/mol. The molecule has 162 valence electrons. The Hall–Kier alpha value is -3.52. The summed E-state index contributed by atoms with van der Waals surface area (Å²) in [7, 11) is 0. The van der Waals surface area contributed by atoms with Crippen molar-refractivity contribution in [3.63, 3.8) is 0 Å². The van der Waals surface area contributed by atoms with Crippen LogP contribution in [0.1, 0.15) is 30.9 Å². The summed E-state index contributed by atoms with van der Waals surface area (Å²) in [5.74, 6) is 0.0832. The van der Waals surface area contributed by atoms with Gasteiger partial charge in [0, 0.05) is 30.5 Å². The molecule has 1 spiro atoms. The van der Waals surface area contributed by atoms with Gasteiger partial charge < -0.3 is 10.6 Å². The zero-order valence-electron chi connectivity index (χ0n) is 17.7. The third kappa shape index (κ3) is 2.94. The van der Waals surface area contributed by atoms with Gasteiger partial charge in [-0.1, -0.05) is 6.07 Å². The fourth-order valence-corrected chi connectivity index (χ4v) is 4.80. The molecule has 3 heterocycles. The highest BCUT2D eigenvalue weighted by Gasteiger charge is 2.46. The van der Waals surface area contributed by atoms with Crippen LogP contribution < -0.4 is 16.2 Å². The first-order chi connectivity index (χ1) is 15.6. The number of halogens is 1. The van der Waals surface area contributed by atoms with Crippen LogP contribution in [0.25, 0.3) is 16.7 Å². The fourth-order valence-electron chi connectivity index (χ4n) is 4.80. The van der Waals surface area contributed by atoms with E-state index in [0.29, 0.717) is 29.2 Å². The molecule has 4 aromatic rings. The van der Waals surface area contributed by atoms with Gasteiger partial charge in [-0.3, -0.25) is 4.79 Å². The molecule has 32 heavy (non-hydrogen) atoms. The number of rotatable bonds is 4. The first kappa shape index (κ1) is 19.2. The van der Waals surface area contributed by atoms with Gasteiger partial charge in [-0.2, -0.15) is 4.98 Å². The van der Waals surface area contributed by atoms with Gasteiger partial charge in [0.2, 0.25) is 5.95 Å². The third-order valence-electron chi connectivity index (χ3n) is 6.53. The number of hydrogen-bond donors (Lipinski definition) is 2. The monoisotopic (exact) mass is 430 g/mol. The molecule has 1 aliphatic heterocycles. The average molecular weight is 430 g/mol. The highest BCUT2D eigenvalue weighted by Crippen LogP contribution is 2.48. The molecule has 7 nitrogen and oxygen atoms in total. The minimum absolute atomic E-state index is 0.172. The van der Waals surface area contributed by atoms with E-state index in [4.69, 9.17) is 0 Å². The van der Waals surface area contributed by atoms with Crippen LogP contribution in [0.2, 0.25) is 0 Å². The van der Waals surface area contributed by atoms with E-state index >= 15 is 0 Å². The summed E-state index contributed by atoms with van der Waals surface area (Å²) in [5, 5.41) is 7.38. The summed E-state index contributed by atoms with van der Waals surface area (Å²) in [5.41, 5.74) is 4.85. The number of benzene rings is 2. The quantitative estimate of drug-likeness (QED) is 0.517. The van der Waals surface area contributed by atoms with Crippen LogP contribution >= 0.6 is 0 Å². The molecule has 0 atom stereocenters. The van der Waals surface area contributed by atoms with E-state index in [-0.39, 0.29) is 16.9 Å². The number of nitrogens with one attached hydrogen (secondary N) is 2. The lowest BCUT2D eigenvalue weighted by atomic mass is 9.92. The Kier molecular flexibility index (Phi) is 4.19.